The van der Waals surface area contributed by atoms with E-state index in [4.69, 9.17) is 0 Å². The van der Waals surface area contributed by atoms with Gasteiger partial charge in [-0.3, -0.25) is 14.6 Å². The van der Waals surface area contributed by atoms with Gasteiger partial charge in [-0.15, -0.1) is 0 Å². The molecule has 0 aliphatic carbocycles. The van der Waals surface area contributed by atoms with Gasteiger partial charge >= 0.3 is 6.03 Å². The third kappa shape index (κ3) is 6.66. The number of hydrogen-bond acceptors (Lipinski definition) is 4. The average molecular weight is 431 g/mol. The van der Waals surface area contributed by atoms with Crippen LogP contribution < -0.4 is 21.3 Å². The van der Waals surface area contributed by atoms with Gasteiger partial charge in [-0.1, -0.05) is 18.2 Å². The molecule has 0 fully saturated rings. The van der Waals surface area contributed by atoms with Crippen LogP contribution in [0, 0.1) is 0 Å². The van der Waals surface area contributed by atoms with Crippen molar-refractivity contribution in [3.8, 4) is 0 Å². The molecule has 0 aliphatic heterocycles. The van der Waals surface area contributed by atoms with Gasteiger partial charge in [0, 0.05) is 41.9 Å². The van der Waals surface area contributed by atoms with Crippen molar-refractivity contribution >= 4 is 29.2 Å². The summed E-state index contributed by atoms with van der Waals surface area (Å²) in [5.74, 6) is -0.563. The highest BCUT2D eigenvalue weighted by molar-refractivity contribution is 6.04. The number of hydrogen-bond donors (Lipinski definition) is 4. The first-order chi connectivity index (χ1) is 15.4. The molecule has 0 saturated carbocycles. The maximum absolute atomic E-state index is 12.5. The van der Waals surface area contributed by atoms with Crippen LogP contribution >= 0.6 is 0 Å². The number of pyridine rings is 1. The van der Waals surface area contributed by atoms with Crippen molar-refractivity contribution in [3.05, 3.63) is 89.7 Å². The Hall–Kier alpha value is -4.20. The van der Waals surface area contributed by atoms with Crippen LogP contribution in [0.5, 0.6) is 0 Å². The molecule has 164 valence electrons. The van der Waals surface area contributed by atoms with Crippen molar-refractivity contribution in [3.63, 3.8) is 0 Å². The largest absolute Gasteiger partial charge is 0.348 e. The van der Waals surface area contributed by atoms with E-state index in [-0.39, 0.29) is 23.9 Å². The molecule has 0 spiro atoms. The topological polar surface area (TPSA) is 112 Å². The maximum Gasteiger partial charge on any atom is 0.319 e. The van der Waals surface area contributed by atoms with Crippen molar-refractivity contribution in [2.45, 2.75) is 26.4 Å². The summed E-state index contributed by atoms with van der Waals surface area (Å²) in [6.45, 7) is 4.09. The minimum Gasteiger partial charge on any atom is -0.348 e. The van der Waals surface area contributed by atoms with Crippen molar-refractivity contribution in [1.82, 2.24) is 15.6 Å². The highest BCUT2D eigenvalue weighted by Gasteiger charge is 2.10. The first-order valence-corrected chi connectivity index (χ1v) is 10.2. The SMILES string of the molecule is CC(C)NC(=O)Nc1ccc(CNC(=O)c2cccc(NC(=O)c3cccnc3)c2)cc1. The summed E-state index contributed by atoms with van der Waals surface area (Å²) < 4.78 is 0. The summed E-state index contributed by atoms with van der Waals surface area (Å²) in [6.07, 6.45) is 3.07. The van der Waals surface area contributed by atoms with Gasteiger partial charge < -0.3 is 21.3 Å². The summed E-state index contributed by atoms with van der Waals surface area (Å²) in [5, 5.41) is 11.1. The van der Waals surface area contributed by atoms with E-state index < -0.39 is 0 Å². The van der Waals surface area contributed by atoms with Gasteiger partial charge in [0.2, 0.25) is 0 Å². The van der Waals surface area contributed by atoms with Crippen LogP contribution in [0.4, 0.5) is 16.2 Å². The highest BCUT2D eigenvalue weighted by atomic mass is 16.2. The molecule has 1 aromatic heterocycles. The quantitative estimate of drug-likeness (QED) is 0.456. The molecule has 4 N–H and O–H groups in total. The number of amides is 4. The summed E-state index contributed by atoms with van der Waals surface area (Å²) in [6, 6.07) is 17.0. The summed E-state index contributed by atoms with van der Waals surface area (Å²) in [4.78, 5) is 40.5. The zero-order valence-electron chi connectivity index (χ0n) is 17.9. The fourth-order valence-electron chi connectivity index (χ4n) is 2.86. The van der Waals surface area contributed by atoms with E-state index in [2.05, 4.69) is 26.3 Å². The first kappa shape index (κ1) is 22.5. The smallest absolute Gasteiger partial charge is 0.319 e. The first-order valence-electron chi connectivity index (χ1n) is 10.2. The summed E-state index contributed by atoms with van der Waals surface area (Å²) in [7, 11) is 0. The Bertz CT molecular complexity index is 1080. The Balaban J connectivity index is 1.54. The number of nitrogens with zero attached hydrogens (tertiary/aromatic N) is 1. The average Bonchev–Trinajstić information content (AvgIpc) is 2.78. The molecule has 0 bridgehead atoms. The lowest BCUT2D eigenvalue weighted by Gasteiger charge is -2.11. The Morgan fingerprint density at radius 3 is 2.28 bits per heavy atom. The molecule has 0 radical (unpaired) electrons. The van der Waals surface area contributed by atoms with Crippen LogP contribution in [0.15, 0.2) is 73.1 Å². The van der Waals surface area contributed by atoms with Crippen LogP contribution in [-0.4, -0.2) is 28.9 Å². The Kier molecular flexibility index (Phi) is 7.53. The van der Waals surface area contributed by atoms with E-state index in [1.54, 1.807) is 54.7 Å². The van der Waals surface area contributed by atoms with E-state index in [0.29, 0.717) is 29.0 Å². The number of nitrogens with one attached hydrogen (secondary N) is 4. The fraction of sp³-hybridized carbons (Fsp3) is 0.167. The Morgan fingerprint density at radius 2 is 1.59 bits per heavy atom. The monoisotopic (exact) mass is 431 g/mol. The molecular weight excluding hydrogens is 406 g/mol. The van der Waals surface area contributed by atoms with Crippen molar-refractivity contribution < 1.29 is 14.4 Å². The van der Waals surface area contributed by atoms with Crippen molar-refractivity contribution in [1.29, 1.82) is 0 Å². The summed E-state index contributed by atoms with van der Waals surface area (Å²) in [5.41, 5.74) is 2.92. The van der Waals surface area contributed by atoms with Crippen LogP contribution in [0.3, 0.4) is 0 Å². The van der Waals surface area contributed by atoms with Crippen LogP contribution in [0.25, 0.3) is 0 Å². The number of carbonyl (C=O) groups excluding carboxylic acids is 3. The Labute approximate surface area is 186 Å². The molecule has 8 heteroatoms. The van der Waals surface area contributed by atoms with Gasteiger partial charge in [0.15, 0.2) is 0 Å². The fourth-order valence-corrected chi connectivity index (χ4v) is 2.86. The van der Waals surface area contributed by atoms with E-state index in [0.717, 1.165) is 5.56 Å². The zero-order valence-corrected chi connectivity index (χ0v) is 17.9. The highest BCUT2D eigenvalue weighted by Crippen LogP contribution is 2.13. The second-order valence-electron chi connectivity index (χ2n) is 7.41. The van der Waals surface area contributed by atoms with E-state index >= 15 is 0 Å². The molecule has 0 unspecified atom stereocenters. The predicted molar refractivity (Wildman–Crippen MR) is 124 cm³/mol. The third-order valence-electron chi connectivity index (χ3n) is 4.39. The lowest BCUT2D eigenvalue weighted by Crippen LogP contribution is -2.34. The predicted octanol–water partition coefficient (Wildman–Crippen LogP) is 3.79. The lowest BCUT2D eigenvalue weighted by atomic mass is 10.1. The molecule has 2 aromatic carbocycles. The van der Waals surface area contributed by atoms with E-state index in [1.807, 2.05) is 26.0 Å². The molecule has 8 nitrogen and oxygen atoms in total. The number of carbonyl (C=O) groups is 3. The van der Waals surface area contributed by atoms with Gasteiger partial charge in [-0.2, -0.15) is 0 Å². The molecule has 0 aliphatic rings. The molecule has 4 amide bonds. The zero-order chi connectivity index (χ0) is 22.9. The van der Waals surface area contributed by atoms with Crippen molar-refractivity contribution in [2.75, 3.05) is 10.6 Å². The van der Waals surface area contributed by atoms with Gasteiger partial charge in [0.25, 0.3) is 11.8 Å². The molecule has 0 saturated heterocycles. The maximum atomic E-state index is 12.5. The van der Waals surface area contributed by atoms with Crippen LogP contribution in [-0.2, 0) is 6.54 Å². The Morgan fingerprint density at radius 1 is 0.844 bits per heavy atom. The second kappa shape index (κ2) is 10.7. The standard InChI is InChI=1S/C24H25N5O3/c1-16(2)27-24(32)29-20-10-8-17(9-11-20)14-26-22(30)18-5-3-7-21(13-18)28-23(31)19-6-4-12-25-15-19/h3-13,15-16H,14H2,1-2H3,(H,26,30)(H,28,31)(H2,27,29,32). The van der Waals surface area contributed by atoms with Crippen LogP contribution in [0.1, 0.15) is 40.1 Å². The lowest BCUT2D eigenvalue weighted by molar-refractivity contribution is 0.0949. The minimum atomic E-state index is -0.300. The van der Waals surface area contributed by atoms with E-state index in [1.165, 1.54) is 6.20 Å². The van der Waals surface area contributed by atoms with Gasteiger partial charge in [0.05, 0.1) is 5.56 Å². The van der Waals surface area contributed by atoms with Crippen LogP contribution in [0.2, 0.25) is 0 Å². The van der Waals surface area contributed by atoms with E-state index in [9.17, 15) is 14.4 Å². The molecule has 3 rings (SSSR count). The number of aromatic nitrogens is 1. The molecule has 0 atom stereocenters. The van der Waals surface area contributed by atoms with Gasteiger partial charge in [-0.05, 0) is 61.9 Å². The second-order valence-corrected chi connectivity index (χ2v) is 7.41. The molecule has 1 heterocycles. The summed E-state index contributed by atoms with van der Waals surface area (Å²) >= 11 is 0. The van der Waals surface area contributed by atoms with Gasteiger partial charge in [-0.25, -0.2) is 4.79 Å². The number of anilines is 2. The number of urea groups is 1. The molecule has 32 heavy (non-hydrogen) atoms. The van der Waals surface area contributed by atoms with Gasteiger partial charge in [0.1, 0.15) is 0 Å². The minimum absolute atomic E-state index is 0.0478. The molecular formula is C24H25N5O3. The third-order valence-corrected chi connectivity index (χ3v) is 4.39. The van der Waals surface area contributed by atoms with Crippen molar-refractivity contribution in [2.24, 2.45) is 0 Å². The number of benzene rings is 2. The normalized spacial score (nSPS) is 10.3. The molecule has 3 aromatic rings. The number of rotatable bonds is 7.